The number of pyridine rings is 1. The first-order valence-electron chi connectivity index (χ1n) is 8.07. The molecule has 0 atom stereocenters. The summed E-state index contributed by atoms with van der Waals surface area (Å²) in [5, 5.41) is 4.99. The lowest BCUT2D eigenvalue weighted by Crippen LogP contribution is -2.53. The molecule has 2 rings (SSSR count). The molecule has 1 aliphatic rings. The standard InChI is InChI=1S/C18H20N4O4S/c1-5-9-22-15(24)12(14(23)21-16(22)27)10-11-7-6-8-19-13(11)20-17(25)26-18(2,3)4/h5-8,10H,1,9H2,2-4H3,(H,19,20,25)(H,21,23,27). The highest BCUT2D eigenvalue weighted by atomic mass is 32.1. The fraction of sp³-hybridized carbons (Fsp3) is 0.278. The molecule has 142 valence electrons. The Kier molecular flexibility index (Phi) is 6.06. The summed E-state index contributed by atoms with van der Waals surface area (Å²) in [6.45, 7) is 8.93. The summed E-state index contributed by atoms with van der Waals surface area (Å²) in [6, 6.07) is 3.22. The number of hydrogen-bond donors (Lipinski definition) is 2. The lowest BCUT2D eigenvalue weighted by atomic mass is 10.1. The first-order chi connectivity index (χ1) is 12.6. The molecule has 0 aromatic carbocycles. The van der Waals surface area contributed by atoms with Crippen LogP contribution in [0.25, 0.3) is 6.08 Å². The Morgan fingerprint density at radius 3 is 2.78 bits per heavy atom. The van der Waals surface area contributed by atoms with Crippen LogP contribution in [0.15, 0.2) is 36.6 Å². The van der Waals surface area contributed by atoms with Crippen LogP contribution in [0.1, 0.15) is 26.3 Å². The van der Waals surface area contributed by atoms with Gasteiger partial charge >= 0.3 is 6.09 Å². The zero-order valence-corrected chi connectivity index (χ0v) is 16.1. The van der Waals surface area contributed by atoms with Crippen LogP contribution in [0.4, 0.5) is 10.6 Å². The smallest absolute Gasteiger partial charge is 0.413 e. The summed E-state index contributed by atoms with van der Waals surface area (Å²) in [5.74, 6) is -1.03. The van der Waals surface area contributed by atoms with Gasteiger partial charge in [-0.25, -0.2) is 9.78 Å². The second kappa shape index (κ2) is 8.09. The molecule has 1 aliphatic heterocycles. The molecule has 1 fully saturated rings. The van der Waals surface area contributed by atoms with Crippen LogP contribution in [0.5, 0.6) is 0 Å². The van der Waals surface area contributed by atoms with Crippen molar-refractivity contribution in [3.8, 4) is 0 Å². The minimum atomic E-state index is -0.699. The van der Waals surface area contributed by atoms with Crippen LogP contribution in [-0.4, -0.2) is 45.0 Å². The molecule has 0 spiro atoms. The predicted molar refractivity (Wildman–Crippen MR) is 105 cm³/mol. The highest BCUT2D eigenvalue weighted by Crippen LogP contribution is 2.20. The number of carbonyl (C=O) groups excluding carboxylic acids is 3. The molecule has 0 bridgehead atoms. The molecule has 2 heterocycles. The van der Waals surface area contributed by atoms with Crippen LogP contribution in [0.3, 0.4) is 0 Å². The van der Waals surface area contributed by atoms with Crippen molar-refractivity contribution in [1.82, 2.24) is 15.2 Å². The predicted octanol–water partition coefficient (Wildman–Crippen LogP) is 2.24. The number of nitrogens with one attached hydrogen (secondary N) is 2. The minimum absolute atomic E-state index is 0.0142. The molecular weight excluding hydrogens is 368 g/mol. The molecule has 0 saturated carbocycles. The van der Waals surface area contributed by atoms with Crippen molar-refractivity contribution >= 4 is 47.1 Å². The maximum absolute atomic E-state index is 12.6. The van der Waals surface area contributed by atoms with Crippen LogP contribution in [0.2, 0.25) is 0 Å². The Hall–Kier alpha value is -3.07. The number of ether oxygens (including phenoxy) is 1. The van der Waals surface area contributed by atoms with Gasteiger partial charge in [0.05, 0.1) is 0 Å². The Morgan fingerprint density at radius 1 is 1.44 bits per heavy atom. The van der Waals surface area contributed by atoms with Crippen molar-refractivity contribution in [3.05, 3.63) is 42.1 Å². The maximum Gasteiger partial charge on any atom is 0.413 e. The Morgan fingerprint density at radius 2 is 2.15 bits per heavy atom. The van der Waals surface area contributed by atoms with Gasteiger partial charge in [-0.2, -0.15) is 0 Å². The van der Waals surface area contributed by atoms with Crippen LogP contribution < -0.4 is 10.6 Å². The van der Waals surface area contributed by atoms with Gasteiger partial charge in [0.1, 0.15) is 17.0 Å². The van der Waals surface area contributed by atoms with E-state index in [1.165, 1.54) is 23.2 Å². The van der Waals surface area contributed by atoms with Crippen molar-refractivity contribution in [2.24, 2.45) is 0 Å². The number of anilines is 1. The highest BCUT2D eigenvalue weighted by Gasteiger charge is 2.32. The fourth-order valence-corrected chi connectivity index (χ4v) is 2.43. The first kappa shape index (κ1) is 20.2. The van der Waals surface area contributed by atoms with Crippen molar-refractivity contribution in [2.45, 2.75) is 26.4 Å². The average molecular weight is 388 g/mol. The summed E-state index contributed by atoms with van der Waals surface area (Å²) in [5.41, 5.74) is -0.448. The van der Waals surface area contributed by atoms with E-state index < -0.39 is 23.5 Å². The van der Waals surface area contributed by atoms with Gasteiger partial charge in [0, 0.05) is 18.3 Å². The molecule has 0 unspecified atom stereocenters. The third-order valence-corrected chi connectivity index (χ3v) is 3.58. The maximum atomic E-state index is 12.6. The van der Waals surface area contributed by atoms with E-state index in [4.69, 9.17) is 17.0 Å². The summed E-state index contributed by atoms with van der Waals surface area (Å²) >= 11 is 5.01. The molecule has 3 amide bonds. The van der Waals surface area contributed by atoms with E-state index >= 15 is 0 Å². The number of amides is 3. The van der Waals surface area contributed by atoms with Crippen molar-refractivity contribution < 1.29 is 19.1 Å². The topological polar surface area (TPSA) is 101 Å². The fourth-order valence-electron chi connectivity index (χ4n) is 2.18. The first-order valence-corrected chi connectivity index (χ1v) is 8.48. The van der Waals surface area contributed by atoms with Gasteiger partial charge in [-0.05, 0) is 51.2 Å². The zero-order valence-electron chi connectivity index (χ0n) is 15.2. The van der Waals surface area contributed by atoms with Crippen molar-refractivity contribution in [2.75, 3.05) is 11.9 Å². The molecule has 0 radical (unpaired) electrons. The van der Waals surface area contributed by atoms with Gasteiger partial charge in [0.15, 0.2) is 5.11 Å². The molecule has 0 aliphatic carbocycles. The molecule has 1 saturated heterocycles. The monoisotopic (exact) mass is 388 g/mol. The van der Waals surface area contributed by atoms with Crippen LogP contribution in [-0.2, 0) is 14.3 Å². The van der Waals surface area contributed by atoms with Gasteiger partial charge in [-0.15, -0.1) is 6.58 Å². The van der Waals surface area contributed by atoms with Crippen molar-refractivity contribution in [3.63, 3.8) is 0 Å². The minimum Gasteiger partial charge on any atom is -0.444 e. The second-order valence-corrected chi connectivity index (χ2v) is 6.98. The van der Waals surface area contributed by atoms with Gasteiger partial charge in [0.25, 0.3) is 11.8 Å². The SMILES string of the molecule is C=CCN1C(=O)C(=Cc2cccnc2NC(=O)OC(C)(C)C)C(=O)NC1=S. The van der Waals surface area contributed by atoms with Gasteiger partial charge in [-0.3, -0.25) is 25.1 Å². The summed E-state index contributed by atoms with van der Waals surface area (Å²) in [6.07, 6.45) is 3.61. The van der Waals surface area contributed by atoms with Gasteiger partial charge in [0.2, 0.25) is 0 Å². The van der Waals surface area contributed by atoms with E-state index in [0.717, 1.165) is 0 Å². The third kappa shape index (κ3) is 5.20. The number of thiocarbonyl (C=S) groups is 1. The average Bonchev–Trinajstić information content (AvgIpc) is 2.55. The van der Waals surface area contributed by atoms with Gasteiger partial charge in [-0.1, -0.05) is 6.08 Å². The summed E-state index contributed by atoms with van der Waals surface area (Å²) in [7, 11) is 0. The largest absolute Gasteiger partial charge is 0.444 e. The number of nitrogens with zero attached hydrogens (tertiary/aromatic N) is 2. The van der Waals surface area contributed by atoms with Crippen LogP contribution in [0, 0.1) is 0 Å². The zero-order chi connectivity index (χ0) is 20.2. The lowest BCUT2D eigenvalue weighted by Gasteiger charge is -2.27. The quantitative estimate of drug-likeness (QED) is 0.355. The molecule has 1 aromatic heterocycles. The number of rotatable bonds is 4. The summed E-state index contributed by atoms with van der Waals surface area (Å²) in [4.78, 5) is 42.1. The number of aromatic nitrogens is 1. The summed E-state index contributed by atoms with van der Waals surface area (Å²) < 4.78 is 5.20. The molecule has 27 heavy (non-hydrogen) atoms. The van der Waals surface area contributed by atoms with E-state index in [-0.39, 0.29) is 23.0 Å². The van der Waals surface area contributed by atoms with Crippen molar-refractivity contribution in [1.29, 1.82) is 0 Å². The van der Waals surface area contributed by atoms with E-state index in [9.17, 15) is 14.4 Å². The molecule has 8 nitrogen and oxygen atoms in total. The normalized spacial score (nSPS) is 16.2. The van der Waals surface area contributed by atoms with Crippen LogP contribution >= 0.6 is 12.2 Å². The molecular formula is C18H20N4O4S. The van der Waals surface area contributed by atoms with E-state index in [1.807, 2.05) is 0 Å². The lowest BCUT2D eigenvalue weighted by molar-refractivity contribution is -0.128. The number of hydrogen-bond acceptors (Lipinski definition) is 6. The Bertz CT molecular complexity index is 842. The van der Waals surface area contributed by atoms with Gasteiger partial charge < -0.3 is 4.74 Å². The Labute approximate surface area is 162 Å². The van der Waals surface area contributed by atoms with E-state index in [1.54, 1.807) is 32.9 Å². The molecule has 2 N–H and O–H groups in total. The highest BCUT2D eigenvalue weighted by molar-refractivity contribution is 7.80. The Balaban J connectivity index is 2.34. The molecule has 1 aromatic rings. The second-order valence-electron chi connectivity index (χ2n) is 6.59. The van der Waals surface area contributed by atoms with E-state index in [0.29, 0.717) is 5.56 Å². The molecule has 9 heteroatoms. The number of carbonyl (C=O) groups is 3. The third-order valence-electron chi connectivity index (χ3n) is 3.26. The van der Waals surface area contributed by atoms with E-state index in [2.05, 4.69) is 22.2 Å².